The molecule has 0 aliphatic carbocycles. The molecule has 0 radical (unpaired) electrons. The molecule has 0 N–H and O–H groups in total. The van der Waals surface area contributed by atoms with E-state index in [1.165, 1.54) is 24.1 Å². The van der Waals surface area contributed by atoms with Crippen molar-refractivity contribution < 1.29 is 9.53 Å². The zero-order chi connectivity index (χ0) is 13.0. The summed E-state index contributed by atoms with van der Waals surface area (Å²) in [6.07, 6.45) is 5.79. The highest BCUT2D eigenvalue weighted by atomic mass is 32.1. The second-order valence-corrected chi connectivity index (χ2v) is 5.71. The van der Waals surface area contributed by atoms with Gasteiger partial charge in [-0.3, -0.25) is 0 Å². The lowest BCUT2D eigenvalue weighted by atomic mass is 9.99. The van der Waals surface area contributed by atoms with Gasteiger partial charge in [0.05, 0.1) is 0 Å². The molecule has 0 aromatic carbocycles. The highest BCUT2D eigenvalue weighted by molar-refractivity contribution is 7.11. The van der Waals surface area contributed by atoms with Crippen molar-refractivity contribution in [3.8, 4) is 0 Å². The minimum Gasteiger partial charge on any atom is -0.454 e. The molecule has 1 atom stereocenters. The van der Waals surface area contributed by atoms with Crippen molar-refractivity contribution in [2.24, 2.45) is 0 Å². The summed E-state index contributed by atoms with van der Waals surface area (Å²) in [6.45, 7) is 4.08. The molecule has 1 aromatic rings. The lowest BCUT2D eigenvalue weighted by Gasteiger charge is -2.13. The number of hydrogen-bond acceptors (Lipinski definition) is 3. The Morgan fingerprint density at radius 2 is 2.17 bits per heavy atom. The molecule has 0 saturated heterocycles. The van der Waals surface area contributed by atoms with E-state index in [0.29, 0.717) is 0 Å². The van der Waals surface area contributed by atoms with Gasteiger partial charge in [0.1, 0.15) is 6.10 Å². The lowest BCUT2D eigenvalue weighted by Crippen LogP contribution is -2.10. The molecule has 2 nitrogen and oxygen atoms in total. The van der Waals surface area contributed by atoms with E-state index in [2.05, 4.69) is 13.0 Å². The van der Waals surface area contributed by atoms with Crippen molar-refractivity contribution in [2.75, 3.05) is 0 Å². The standard InChI is InChI=1S/C15H20O2S/c1-3-4-5-6-8-12-14(11(2)15(16)17-12)13-9-7-10-18-13/h7,9-10,12H,3-6,8H2,1-2H3. The molecule has 98 valence electrons. The first-order valence-corrected chi connectivity index (χ1v) is 7.57. The summed E-state index contributed by atoms with van der Waals surface area (Å²) in [4.78, 5) is 12.9. The molecule has 0 fully saturated rings. The first-order chi connectivity index (χ1) is 8.74. The van der Waals surface area contributed by atoms with E-state index in [1.54, 1.807) is 11.3 Å². The van der Waals surface area contributed by atoms with Crippen LogP contribution in [0.2, 0.25) is 0 Å². The maximum Gasteiger partial charge on any atom is 0.334 e. The monoisotopic (exact) mass is 264 g/mol. The van der Waals surface area contributed by atoms with Crippen LogP contribution >= 0.6 is 11.3 Å². The number of ether oxygens (including phenoxy) is 1. The Morgan fingerprint density at radius 1 is 1.33 bits per heavy atom. The average molecular weight is 264 g/mol. The lowest BCUT2D eigenvalue weighted by molar-refractivity contribution is -0.139. The van der Waals surface area contributed by atoms with E-state index >= 15 is 0 Å². The van der Waals surface area contributed by atoms with Gasteiger partial charge in [-0.15, -0.1) is 11.3 Å². The van der Waals surface area contributed by atoms with Crippen LogP contribution < -0.4 is 0 Å². The van der Waals surface area contributed by atoms with Crippen LogP contribution in [-0.4, -0.2) is 12.1 Å². The Labute approximate surface area is 113 Å². The quantitative estimate of drug-likeness (QED) is 0.561. The number of rotatable bonds is 6. The molecule has 0 saturated carbocycles. The predicted octanol–water partition coefficient (Wildman–Crippen LogP) is 4.42. The van der Waals surface area contributed by atoms with Crippen molar-refractivity contribution in [3.05, 3.63) is 28.0 Å². The fourth-order valence-electron chi connectivity index (χ4n) is 2.36. The third kappa shape index (κ3) is 2.83. The minimum atomic E-state index is -0.140. The number of carbonyl (C=O) groups excluding carboxylic acids is 1. The molecule has 3 heteroatoms. The van der Waals surface area contributed by atoms with E-state index in [-0.39, 0.29) is 12.1 Å². The molecule has 2 rings (SSSR count). The summed E-state index contributed by atoms with van der Waals surface area (Å²) >= 11 is 1.68. The molecule has 0 bridgehead atoms. The van der Waals surface area contributed by atoms with Gasteiger partial charge in [0.25, 0.3) is 0 Å². The number of esters is 1. The van der Waals surface area contributed by atoms with Gasteiger partial charge in [0.15, 0.2) is 0 Å². The van der Waals surface area contributed by atoms with Crippen LogP contribution in [0.5, 0.6) is 0 Å². The molecule has 1 aliphatic rings. The van der Waals surface area contributed by atoms with Gasteiger partial charge in [0.2, 0.25) is 0 Å². The number of carbonyl (C=O) groups is 1. The third-order valence-electron chi connectivity index (χ3n) is 3.39. The SMILES string of the molecule is CCCCCCC1OC(=O)C(C)=C1c1cccs1. The Bertz CT molecular complexity index is 431. The van der Waals surface area contributed by atoms with Gasteiger partial charge < -0.3 is 4.74 Å². The van der Waals surface area contributed by atoms with E-state index in [0.717, 1.165) is 24.0 Å². The summed E-state index contributed by atoms with van der Waals surface area (Å²) < 4.78 is 5.48. The van der Waals surface area contributed by atoms with Crippen LogP contribution in [-0.2, 0) is 9.53 Å². The topological polar surface area (TPSA) is 26.3 Å². The van der Waals surface area contributed by atoms with Crippen molar-refractivity contribution in [1.29, 1.82) is 0 Å². The van der Waals surface area contributed by atoms with Crippen molar-refractivity contribution >= 4 is 22.9 Å². The Hall–Kier alpha value is -1.09. The average Bonchev–Trinajstić information content (AvgIpc) is 2.95. The number of thiophene rings is 1. The number of cyclic esters (lactones) is 1. The molecular formula is C15H20O2S. The molecule has 0 amide bonds. The van der Waals surface area contributed by atoms with Crippen LogP contribution in [0, 0.1) is 0 Å². The van der Waals surface area contributed by atoms with Crippen LogP contribution in [0.15, 0.2) is 23.1 Å². The molecule has 1 aliphatic heterocycles. The molecule has 1 unspecified atom stereocenters. The summed E-state index contributed by atoms with van der Waals surface area (Å²) in [5, 5.41) is 2.05. The largest absolute Gasteiger partial charge is 0.454 e. The Balaban J connectivity index is 2.05. The molecule has 1 aromatic heterocycles. The van der Waals surface area contributed by atoms with Crippen LogP contribution in [0.25, 0.3) is 5.57 Å². The zero-order valence-corrected chi connectivity index (χ0v) is 11.9. The van der Waals surface area contributed by atoms with Crippen LogP contribution in [0.4, 0.5) is 0 Å². The molecule has 0 spiro atoms. The number of hydrogen-bond donors (Lipinski definition) is 0. The normalized spacial score (nSPS) is 19.4. The maximum atomic E-state index is 11.7. The smallest absolute Gasteiger partial charge is 0.334 e. The Morgan fingerprint density at radius 3 is 2.83 bits per heavy atom. The summed E-state index contributed by atoms with van der Waals surface area (Å²) in [5.41, 5.74) is 1.91. The van der Waals surface area contributed by atoms with E-state index in [9.17, 15) is 4.79 Å². The fraction of sp³-hybridized carbons (Fsp3) is 0.533. The number of unbranched alkanes of at least 4 members (excludes halogenated alkanes) is 3. The first kappa shape index (κ1) is 13.3. The summed E-state index contributed by atoms with van der Waals surface area (Å²) in [6, 6.07) is 4.10. The second kappa shape index (κ2) is 6.19. The summed E-state index contributed by atoms with van der Waals surface area (Å²) in [5.74, 6) is -0.140. The summed E-state index contributed by atoms with van der Waals surface area (Å²) in [7, 11) is 0. The van der Waals surface area contributed by atoms with Gasteiger partial charge in [-0.1, -0.05) is 32.3 Å². The van der Waals surface area contributed by atoms with Gasteiger partial charge in [-0.25, -0.2) is 4.79 Å². The van der Waals surface area contributed by atoms with E-state index in [1.807, 2.05) is 18.4 Å². The van der Waals surface area contributed by atoms with Gasteiger partial charge >= 0.3 is 5.97 Å². The van der Waals surface area contributed by atoms with Crippen molar-refractivity contribution in [1.82, 2.24) is 0 Å². The zero-order valence-electron chi connectivity index (χ0n) is 11.1. The Kier molecular flexibility index (Phi) is 4.59. The third-order valence-corrected chi connectivity index (χ3v) is 4.29. The molecule has 18 heavy (non-hydrogen) atoms. The second-order valence-electron chi connectivity index (χ2n) is 4.76. The van der Waals surface area contributed by atoms with Gasteiger partial charge in [-0.05, 0) is 31.2 Å². The maximum absolute atomic E-state index is 11.7. The minimum absolute atomic E-state index is 0.0204. The van der Waals surface area contributed by atoms with Crippen molar-refractivity contribution in [2.45, 2.75) is 52.1 Å². The molecule has 2 heterocycles. The highest BCUT2D eigenvalue weighted by Gasteiger charge is 2.32. The van der Waals surface area contributed by atoms with E-state index < -0.39 is 0 Å². The van der Waals surface area contributed by atoms with Crippen LogP contribution in [0.3, 0.4) is 0 Å². The highest BCUT2D eigenvalue weighted by Crippen LogP contribution is 2.36. The molecular weight excluding hydrogens is 244 g/mol. The van der Waals surface area contributed by atoms with Crippen molar-refractivity contribution in [3.63, 3.8) is 0 Å². The fourth-order valence-corrected chi connectivity index (χ4v) is 3.24. The van der Waals surface area contributed by atoms with Gasteiger partial charge in [0, 0.05) is 16.0 Å². The van der Waals surface area contributed by atoms with Gasteiger partial charge in [-0.2, -0.15) is 0 Å². The first-order valence-electron chi connectivity index (χ1n) is 6.69. The predicted molar refractivity (Wildman–Crippen MR) is 75.6 cm³/mol. The van der Waals surface area contributed by atoms with E-state index in [4.69, 9.17) is 4.74 Å². The van der Waals surface area contributed by atoms with Crippen LogP contribution in [0.1, 0.15) is 50.8 Å².